The molecule has 0 aliphatic carbocycles. The second-order valence-corrected chi connectivity index (χ2v) is 6.00. The molecule has 24 heavy (non-hydrogen) atoms. The van der Waals surface area contributed by atoms with E-state index >= 15 is 0 Å². The maximum atomic E-state index is 7.52. The van der Waals surface area contributed by atoms with Gasteiger partial charge in [0, 0.05) is 23.1 Å². The highest BCUT2D eigenvalue weighted by Crippen LogP contribution is 2.18. The van der Waals surface area contributed by atoms with Crippen LogP contribution in [0.15, 0.2) is 48.5 Å². The molecule has 0 saturated heterocycles. The molecule has 0 saturated carbocycles. The Hall–Kier alpha value is -3.21. The van der Waals surface area contributed by atoms with Crippen molar-refractivity contribution in [1.29, 1.82) is 5.41 Å². The Morgan fingerprint density at radius 2 is 1.92 bits per heavy atom. The number of rotatable bonds is 3. The van der Waals surface area contributed by atoms with Gasteiger partial charge in [-0.25, -0.2) is 4.98 Å². The number of nitrogens with zero attached hydrogens (tertiary/aromatic N) is 2. The fourth-order valence-corrected chi connectivity index (χ4v) is 2.87. The van der Waals surface area contributed by atoms with E-state index in [1.807, 2.05) is 30.3 Å². The van der Waals surface area contributed by atoms with E-state index in [9.17, 15) is 0 Å². The normalized spacial score (nSPS) is 11.2. The number of hydrogen-bond acceptors (Lipinski definition) is 3. The van der Waals surface area contributed by atoms with Crippen LogP contribution in [0.4, 0.5) is 0 Å². The van der Waals surface area contributed by atoms with Crippen LogP contribution in [0, 0.1) is 12.3 Å². The smallest absolute Gasteiger partial charge is 0.122 e. The quantitative estimate of drug-likeness (QED) is 0.400. The molecule has 0 bridgehead atoms. The highest BCUT2D eigenvalue weighted by Gasteiger charge is 2.07. The van der Waals surface area contributed by atoms with Crippen molar-refractivity contribution in [3.63, 3.8) is 0 Å². The SMILES string of the molecule is Cc1ccc2nc(Cc3nc4cc(C(=N)N)ccc4[nH]3)ccc2c1. The number of amidine groups is 1. The Morgan fingerprint density at radius 3 is 2.75 bits per heavy atom. The number of benzene rings is 2. The van der Waals surface area contributed by atoms with Gasteiger partial charge in [0.1, 0.15) is 11.7 Å². The van der Waals surface area contributed by atoms with Gasteiger partial charge in [0.15, 0.2) is 0 Å². The summed E-state index contributed by atoms with van der Waals surface area (Å²) in [4.78, 5) is 12.6. The van der Waals surface area contributed by atoms with E-state index < -0.39 is 0 Å². The molecule has 5 heteroatoms. The van der Waals surface area contributed by atoms with Gasteiger partial charge in [-0.2, -0.15) is 0 Å². The zero-order chi connectivity index (χ0) is 16.7. The molecular weight excluding hydrogens is 298 g/mol. The van der Waals surface area contributed by atoms with E-state index in [2.05, 4.69) is 35.1 Å². The van der Waals surface area contributed by atoms with Crippen LogP contribution in [0.3, 0.4) is 0 Å². The average Bonchev–Trinajstić information content (AvgIpc) is 2.96. The maximum Gasteiger partial charge on any atom is 0.122 e. The first-order valence-corrected chi connectivity index (χ1v) is 7.78. The number of fused-ring (bicyclic) bond motifs is 2. The summed E-state index contributed by atoms with van der Waals surface area (Å²) in [6, 6.07) is 15.9. The summed E-state index contributed by atoms with van der Waals surface area (Å²) in [5.74, 6) is 0.901. The molecule has 4 N–H and O–H groups in total. The lowest BCUT2D eigenvalue weighted by atomic mass is 10.1. The summed E-state index contributed by atoms with van der Waals surface area (Å²) < 4.78 is 0. The number of aromatic amines is 1. The number of imidazole rings is 1. The third-order valence-corrected chi connectivity index (χ3v) is 4.09. The predicted molar refractivity (Wildman–Crippen MR) is 96.4 cm³/mol. The fraction of sp³-hybridized carbons (Fsp3) is 0.105. The zero-order valence-electron chi connectivity index (χ0n) is 13.3. The molecule has 0 aliphatic rings. The maximum absolute atomic E-state index is 7.52. The molecule has 4 rings (SSSR count). The van der Waals surface area contributed by atoms with Gasteiger partial charge in [0.05, 0.1) is 16.6 Å². The van der Waals surface area contributed by atoms with Crippen LogP contribution >= 0.6 is 0 Å². The number of hydrogen-bond donors (Lipinski definition) is 3. The summed E-state index contributed by atoms with van der Waals surface area (Å²) >= 11 is 0. The summed E-state index contributed by atoms with van der Waals surface area (Å²) in [7, 11) is 0. The second-order valence-electron chi connectivity index (χ2n) is 6.00. The molecule has 0 aliphatic heterocycles. The Labute approximate surface area is 139 Å². The van der Waals surface area contributed by atoms with Crippen molar-refractivity contribution >= 4 is 27.8 Å². The van der Waals surface area contributed by atoms with E-state index in [1.165, 1.54) is 5.56 Å². The first kappa shape index (κ1) is 14.4. The molecule has 118 valence electrons. The second kappa shape index (κ2) is 5.45. The Kier molecular flexibility index (Phi) is 3.27. The zero-order valence-corrected chi connectivity index (χ0v) is 13.3. The molecule has 0 atom stereocenters. The van der Waals surface area contributed by atoms with Gasteiger partial charge in [-0.3, -0.25) is 10.4 Å². The van der Waals surface area contributed by atoms with Crippen LogP contribution in [0.2, 0.25) is 0 Å². The van der Waals surface area contributed by atoms with Crippen LogP contribution < -0.4 is 5.73 Å². The molecule has 2 heterocycles. The van der Waals surface area contributed by atoms with Gasteiger partial charge in [0.2, 0.25) is 0 Å². The lowest BCUT2D eigenvalue weighted by molar-refractivity contribution is 0.996. The molecule has 0 unspecified atom stereocenters. The Balaban J connectivity index is 1.68. The lowest BCUT2D eigenvalue weighted by Crippen LogP contribution is -2.10. The van der Waals surface area contributed by atoms with Gasteiger partial charge in [-0.15, -0.1) is 0 Å². The molecule has 0 amide bonds. The summed E-state index contributed by atoms with van der Waals surface area (Å²) in [6.07, 6.45) is 0.633. The third-order valence-electron chi connectivity index (χ3n) is 4.09. The van der Waals surface area contributed by atoms with Crippen LogP contribution in [0.5, 0.6) is 0 Å². The van der Waals surface area contributed by atoms with Gasteiger partial charge in [0.25, 0.3) is 0 Å². The van der Waals surface area contributed by atoms with Crippen molar-refractivity contribution in [1.82, 2.24) is 15.0 Å². The van der Waals surface area contributed by atoms with E-state index in [4.69, 9.17) is 16.1 Å². The number of H-pyrrole nitrogens is 1. The minimum atomic E-state index is 0.0490. The Morgan fingerprint density at radius 1 is 1.04 bits per heavy atom. The minimum absolute atomic E-state index is 0.0490. The number of aromatic nitrogens is 3. The standard InChI is InChI=1S/C19H17N5/c1-11-2-6-15-12(8-11)3-5-14(22-15)10-18-23-16-7-4-13(19(20)21)9-17(16)24-18/h2-9H,10H2,1H3,(H3,20,21)(H,23,24). The fourth-order valence-electron chi connectivity index (χ4n) is 2.87. The summed E-state index contributed by atoms with van der Waals surface area (Å²) in [6.45, 7) is 2.08. The molecule has 0 radical (unpaired) electrons. The van der Waals surface area contributed by atoms with Crippen molar-refractivity contribution in [2.75, 3.05) is 0 Å². The molecule has 0 fully saturated rings. The average molecular weight is 315 g/mol. The van der Waals surface area contributed by atoms with E-state index in [0.717, 1.165) is 33.5 Å². The van der Waals surface area contributed by atoms with Gasteiger partial charge < -0.3 is 10.7 Å². The van der Waals surface area contributed by atoms with Crippen molar-refractivity contribution in [2.45, 2.75) is 13.3 Å². The lowest BCUT2D eigenvalue weighted by Gasteiger charge is -2.02. The van der Waals surface area contributed by atoms with Crippen molar-refractivity contribution in [3.8, 4) is 0 Å². The summed E-state index contributed by atoms with van der Waals surface area (Å²) in [5.41, 5.74) is 11.2. The van der Waals surface area contributed by atoms with Crippen molar-refractivity contribution in [2.24, 2.45) is 5.73 Å². The summed E-state index contributed by atoms with van der Waals surface area (Å²) in [5, 5.41) is 8.67. The molecule has 2 aromatic heterocycles. The topological polar surface area (TPSA) is 91.4 Å². The van der Waals surface area contributed by atoms with Gasteiger partial charge >= 0.3 is 0 Å². The highest BCUT2D eigenvalue weighted by molar-refractivity contribution is 5.97. The van der Waals surface area contributed by atoms with Crippen molar-refractivity contribution in [3.05, 3.63) is 71.2 Å². The number of nitrogen functional groups attached to an aromatic ring is 1. The van der Waals surface area contributed by atoms with Gasteiger partial charge in [-0.05, 0) is 43.3 Å². The van der Waals surface area contributed by atoms with Crippen LogP contribution in [-0.4, -0.2) is 20.8 Å². The number of pyridine rings is 1. The molecular formula is C19H17N5. The molecule has 4 aromatic rings. The highest BCUT2D eigenvalue weighted by atomic mass is 14.9. The number of aryl methyl sites for hydroxylation is 1. The van der Waals surface area contributed by atoms with Gasteiger partial charge in [-0.1, -0.05) is 17.7 Å². The monoisotopic (exact) mass is 315 g/mol. The predicted octanol–water partition coefficient (Wildman–Crippen LogP) is 3.29. The first-order chi connectivity index (χ1) is 11.6. The Bertz CT molecular complexity index is 1080. The van der Waals surface area contributed by atoms with Crippen LogP contribution in [0.25, 0.3) is 21.9 Å². The largest absolute Gasteiger partial charge is 0.384 e. The molecule has 5 nitrogen and oxygen atoms in total. The van der Waals surface area contributed by atoms with Crippen molar-refractivity contribution < 1.29 is 0 Å². The minimum Gasteiger partial charge on any atom is -0.384 e. The van der Waals surface area contributed by atoms with E-state index in [1.54, 1.807) is 0 Å². The third kappa shape index (κ3) is 2.60. The number of nitrogens with one attached hydrogen (secondary N) is 2. The molecule has 2 aromatic carbocycles. The molecule has 0 spiro atoms. The first-order valence-electron chi connectivity index (χ1n) is 7.78. The number of nitrogens with two attached hydrogens (primary N) is 1. The van der Waals surface area contributed by atoms with Crippen LogP contribution in [-0.2, 0) is 6.42 Å². The van der Waals surface area contributed by atoms with E-state index in [-0.39, 0.29) is 5.84 Å². The van der Waals surface area contributed by atoms with E-state index in [0.29, 0.717) is 12.0 Å². The van der Waals surface area contributed by atoms with Crippen LogP contribution in [0.1, 0.15) is 22.6 Å².